The lowest BCUT2D eigenvalue weighted by Crippen LogP contribution is -2.27. The third-order valence-corrected chi connectivity index (χ3v) is 6.06. The predicted molar refractivity (Wildman–Crippen MR) is 126 cm³/mol. The molecule has 1 amide bonds. The number of benzene rings is 3. The molecule has 0 aliphatic heterocycles. The number of para-hydroxylation sites is 3. The summed E-state index contributed by atoms with van der Waals surface area (Å²) in [7, 11) is -2.26. The van der Waals surface area contributed by atoms with Crippen LogP contribution in [0.1, 0.15) is 0 Å². The van der Waals surface area contributed by atoms with E-state index in [1.54, 1.807) is 36.4 Å². The molecule has 0 saturated heterocycles. The first-order chi connectivity index (χ1) is 15.9. The van der Waals surface area contributed by atoms with E-state index in [1.807, 2.05) is 18.2 Å². The minimum Gasteiger partial charge on any atom is -0.482 e. The average Bonchev–Trinajstić information content (AvgIpc) is 2.80. The van der Waals surface area contributed by atoms with Gasteiger partial charge in [-0.2, -0.15) is 0 Å². The summed E-state index contributed by atoms with van der Waals surface area (Å²) in [6, 6.07) is 20.2. The van der Waals surface area contributed by atoms with Gasteiger partial charge >= 0.3 is 0 Å². The number of halogens is 1. The Kier molecular flexibility index (Phi) is 8.67. The third kappa shape index (κ3) is 7.19. The summed E-state index contributed by atoms with van der Waals surface area (Å²) < 4.78 is 43.0. The predicted octanol–water partition coefficient (Wildman–Crippen LogP) is 4.07. The van der Waals surface area contributed by atoms with Crippen LogP contribution in [-0.4, -0.2) is 41.2 Å². The number of carbonyl (C=O) groups excluding carboxylic acids is 1. The zero-order chi connectivity index (χ0) is 23.7. The van der Waals surface area contributed by atoms with E-state index in [0.29, 0.717) is 17.2 Å². The molecular weight excluding hydrogens is 468 g/mol. The summed E-state index contributed by atoms with van der Waals surface area (Å²) >= 11 is 6.16. The SMILES string of the molecule is COCCNS(=O)(=O)c1ccc(OCC(=O)Nc2ccccc2Oc2ccccc2)c(Cl)c1. The smallest absolute Gasteiger partial charge is 0.262 e. The number of carbonyl (C=O) groups is 1. The molecule has 0 saturated carbocycles. The molecule has 0 bridgehead atoms. The number of anilines is 1. The van der Waals surface area contributed by atoms with E-state index in [0.717, 1.165) is 0 Å². The van der Waals surface area contributed by atoms with Crippen molar-refractivity contribution in [2.45, 2.75) is 4.90 Å². The Bertz CT molecular complexity index is 1190. The van der Waals surface area contributed by atoms with Crippen LogP contribution < -0.4 is 19.5 Å². The van der Waals surface area contributed by atoms with Crippen LogP contribution in [0.25, 0.3) is 0 Å². The molecule has 0 spiro atoms. The summed E-state index contributed by atoms with van der Waals surface area (Å²) in [5.74, 6) is 0.851. The van der Waals surface area contributed by atoms with Crippen LogP contribution in [0.15, 0.2) is 77.7 Å². The molecule has 0 fully saturated rings. The molecule has 0 atom stereocenters. The maximum absolute atomic E-state index is 12.4. The van der Waals surface area contributed by atoms with Gasteiger partial charge in [0.05, 0.1) is 22.2 Å². The Morgan fingerprint density at radius 2 is 1.70 bits per heavy atom. The zero-order valence-corrected chi connectivity index (χ0v) is 19.4. The van der Waals surface area contributed by atoms with Gasteiger partial charge in [-0.3, -0.25) is 4.79 Å². The highest BCUT2D eigenvalue weighted by Gasteiger charge is 2.16. The molecule has 0 aromatic heterocycles. The van der Waals surface area contributed by atoms with Gasteiger partial charge in [0.15, 0.2) is 12.4 Å². The number of ether oxygens (including phenoxy) is 3. The van der Waals surface area contributed by atoms with E-state index in [9.17, 15) is 13.2 Å². The summed E-state index contributed by atoms with van der Waals surface area (Å²) in [4.78, 5) is 12.4. The van der Waals surface area contributed by atoms with Crippen molar-refractivity contribution in [2.24, 2.45) is 0 Å². The molecule has 8 nitrogen and oxygen atoms in total. The number of sulfonamides is 1. The molecular formula is C23H23ClN2O6S. The minimum atomic E-state index is -3.74. The molecule has 0 radical (unpaired) electrons. The van der Waals surface area contributed by atoms with E-state index in [-0.39, 0.29) is 35.4 Å². The van der Waals surface area contributed by atoms with Crippen LogP contribution in [-0.2, 0) is 19.6 Å². The standard InChI is InChI=1S/C23H23ClN2O6S/c1-30-14-13-25-33(28,29)18-11-12-21(19(24)15-18)31-16-23(27)26-20-9-5-6-10-22(20)32-17-7-3-2-4-8-17/h2-12,15,25H,13-14,16H2,1H3,(H,26,27). The third-order valence-electron chi connectivity index (χ3n) is 4.30. The number of hydrogen-bond donors (Lipinski definition) is 2. The zero-order valence-electron chi connectivity index (χ0n) is 17.8. The van der Waals surface area contributed by atoms with E-state index in [4.69, 9.17) is 25.8 Å². The highest BCUT2D eigenvalue weighted by Crippen LogP contribution is 2.30. The van der Waals surface area contributed by atoms with Crippen molar-refractivity contribution in [3.05, 3.63) is 77.8 Å². The Labute approximate surface area is 197 Å². The molecule has 0 aliphatic rings. The molecule has 33 heavy (non-hydrogen) atoms. The van der Waals surface area contributed by atoms with Crippen molar-refractivity contribution >= 4 is 33.2 Å². The number of nitrogens with one attached hydrogen (secondary N) is 2. The van der Waals surface area contributed by atoms with E-state index < -0.39 is 15.9 Å². The first kappa shape index (κ1) is 24.5. The summed E-state index contributed by atoms with van der Waals surface area (Å²) in [5, 5.41) is 2.80. The van der Waals surface area contributed by atoms with Crippen LogP contribution in [0.2, 0.25) is 5.02 Å². The second-order valence-corrected chi connectivity index (χ2v) is 8.91. The largest absolute Gasteiger partial charge is 0.482 e. The fourth-order valence-corrected chi connectivity index (χ4v) is 4.07. The Hall–Kier alpha value is -3.11. The minimum absolute atomic E-state index is 0.0209. The second-order valence-electron chi connectivity index (χ2n) is 6.73. The fraction of sp³-hybridized carbons (Fsp3) is 0.174. The second kappa shape index (κ2) is 11.7. The molecule has 0 unspecified atom stereocenters. The highest BCUT2D eigenvalue weighted by molar-refractivity contribution is 7.89. The van der Waals surface area contributed by atoms with Crippen LogP contribution in [0.3, 0.4) is 0 Å². The number of amides is 1. The maximum Gasteiger partial charge on any atom is 0.262 e. The van der Waals surface area contributed by atoms with Crippen molar-refractivity contribution < 1.29 is 27.4 Å². The summed E-state index contributed by atoms with van der Waals surface area (Å²) in [5.41, 5.74) is 0.477. The molecule has 3 aromatic rings. The van der Waals surface area contributed by atoms with Gasteiger partial charge in [0.25, 0.3) is 5.91 Å². The Balaban J connectivity index is 1.60. The van der Waals surface area contributed by atoms with Crippen molar-refractivity contribution in [3.8, 4) is 17.2 Å². The molecule has 3 aromatic carbocycles. The maximum atomic E-state index is 12.4. The van der Waals surface area contributed by atoms with Gasteiger partial charge in [0.1, 0.15) is 11.5 Å². The van der Waals surface area contributed by atoms with Gasteiger partial charge in [-0.25, -0.2) is 13.1 Å². The van der Waals surface area contributed by atoms with Gasteiger partial charge in [0, 0.05) is 13.7 Å². The quantitative estimate of drug-likeness (QED) is 0.393. The van der Waals surface area contributed by atoms with Crippen molar-refractivity contribution in [3.63, 3.8) is 0 Å². The molecule has 3 rings (SSSR count). The lowest BCUT2D eigenvalue weighted by Gasteiger charge is -2.13. The number of rotatable bonds is 11. The van der Waals surface area contributed by atoms with Crippen molar-refractivity contribution in [2.75, 3.05) is 32.2 Å². The van der Waals surface area contributed by atoms with Crippen molar-refractivity contribution in [1.82, 2.24) is 4.72 Å². The molecule has 174 valence electrons. The van der Waals surface area contributed by atoms with E-state index in [2.05, 4.69) is 10.0 Å². The van der Waals surface area contributed by atoms with Crippen LogP contribution in [0, 0.1) is 0 Å². The van der Waals surface area contributed by atoms with Crippen molar-refractivity contribution in [1.29, 1.82) is 0 Å². The van der Waals surface area contributed by atoms with Crippen LogP contribution >= 0.6 is 11.6 Å². The Morgan fingerprint density at radius 1 is 0.970 bits per heavy atom. The van der Waals surface area contributed by atoms with Gasteiger partial charge < -0.3 is 19.5 Å². The molecule has 0 aliphatic carbocycles. The summed E-state index contributed by atoms with van der Waals surface area (Å²) in [6.45, 7) is 0.0324. The van der Waals surface area contributed by atoms with Gasteiger partial charge in [-0.1, -0.05) is 41.9 Å². The molecule has 2 N–H and O–H groups in total. The summed E-state index contributed by atoms with van der Waals surface area (Å²) in [6.07, 6.45) is 0. The van der Waals surface area contributed by atoms with Crippen LogP contribution in [0.4, 0.5) is 5.69 Å². The first-order valence-corrected chi connectivity index (χ1v) is 11.8. The Morgan fingerprint density at radius 3 is 2.42 bits per heavy atom. The topological polar surface area (TPSA) is 103 Å². The molecule has 0 heterocycles. The lowest BCUT2D eigenvalue weighted by molar-refractivity contribution is -0.118. The lowest BCUT2D eigenvalue weighted by atomic mass is 10.3. The van der Waals surface area contributed by atoms with Gasteiger partial charge in [-0.15, -0.1) is 0 Å². The van der Waals surface area contributed by atoms with E-state index >= 15 is 0 Å². The monoisotopic (exact) mass is 490 g/mol. The fourth-order valence-electron chi connectivity index (χ4n) is 2.73. The number of methoxy groups -OCH3 is 1. The van der Waals surface area contributed by atoms with Crippen LogP contribution in [0.5, 0.6) is 17.2 Å². The molecule has 10 heteroatoms. The van der Waals surface area contributed by atoms with Gasteiger partial charge in [0.2, 0.25) is 10.0 Å². The highest BCUT2D eigenvalue weighted by atomic mass is 35.5. The van der Waals surface area contributed by atoms with E-state index in [1.165, 1.54) is 25.3 Å². The average molecular weight is 491 g/mol. The number of hydrogen-bond acceptors (Lipinski definition) is 6. The first-order valence-electron chi connectivity index (χ1n) is 9.92. The normalized spacial score (nSPS) is 11.1. The van der Waals surface area contributed by atoms with Gasteiger partial charge in [-0.05, 0) is 42.5 Å².